The van der Waals surface area contributed by atoms with Crippen molar-refractivity contribution in [2.24, 2.45) is 13.0 Å². The molecule has 2 aromatic heterocycles. The Balaban J connectivity index is 1.30. The summed E-state index contributed by atoms with van der Waals surface area (Å²) < 4.78 is 7.05. The van der Waals surface area contributed by atoms with Crippen LogP contribution in [0, 0.1) is 19.8 Å². The maximum Gasteiger partial charge on any atom is 0.226 e. The van der Waals surface area contributed by atoms with Crippen molar-refractivity contribution >= 4 is 5.91 Å². The second-order valence-electron chi connectivity index (χ2n) is 7.30. The van der Waals surface area contributed by atoms with Gasteiger partial charge in [0.15, 0.2) is 0 Å². The summed E-state index contributed by atoms with van der Waals surface area (Å²) in [5, 5.41) is 8.24. The molecule has 0 bridgehead atoms. The zero-order valence-electron chi connectivity index (χ0n) is 15.1. The van der Waals surface area contributed by atoms with E-state index in [4.69, 9.17) is 4.52 Å². The molecule has 134 valence electrons. The second kappa shape index (κ2) is 6.29. The Bertz CT molecular complexity index is 753. The van der Waals surface area contributed by atoms with Gasteiger partial charge in [0.05, 0.1) is 11.9 Å². The third kappa shape index (κ3) is 3.20. The van der Waals surface area contributed by atoms with Crippen molar-refractivity contribution in [2.75, 3.05) is 26.2 Å². The fraction of sp³-hybridized carbons (Fsp3) is 0.611. The molecule has 2 fully saturated rings. The summed E-state index contributed by atoms with van der Waals surface area (Å²) in [5.41, 5.74) is 3.34. The van der Waals surface area contributed by atoms with Gasteiger partial charge in [-0.2, -0.15) is 5.10 Å². The zero-order chi connectivity index (χ0) is 17.6. The predicted molar refractivity (Wildman–Crippen MR) is 91.9 cm³/mol. The summed E-state index contributed by atoms with van der Waals surface area (Å²) in [5.74, 6) is 1.72. The van der Waals surface area contributed by atoms with E-state index in [0.717, 1.165) is 50.6 Å². The van der Waals surface area contributed by atoms with Crippen molar-refractivity contribution in [1.82, 2.24) is 24.7 Å². The lowest BCUT2D eigenvalue weighted by Gasteiger charge is -2.34. The number of nitrogens with zero attached hydrogens (tertiary/aromatic N) is 5. The van der Waals surface area contributed by atoms with Crippen LogP contribution in [-0.4, -0.2) is 56.8 Å². The first kappa shape index (κ1) is 16.3. The van der Waals surface area contributed by atoms with Gasteiger partial charge < -0.3 is 9.42 Å². The summed E-state index contributed by atoms with van der Waals surface area (Å²) >= 11 is 0. The molecule has 4 rings (SSSR count). The topological polar surface area (TPSA) is 67.4 Å². The normalized spacial score (nSPS) is 23.9. The average Bonchev–Trinajstić information content (AvgIpc) is 3.20. The Morgan fingerprint density at radius 3 is 2.64 bits per heavy atom. The number of aromatic nitrogens is 3. The van der Waals surface area contributed by atoms with E-state index < -0.39 is 0 Å². The molecule has 25 heavy (non-hydrogen) atoms. The third-order valence-corrected chi connectivity index (χ3v) is 5.51. The first-order chi connectivity index (χ1) is 12.0. The molecule has 1 aliphatic carbocycles. The molecule has 1 amide bonds. The Morgan fingerprint density at radius 1 is 1.28 bits per heavy atom. The number of hydrogen-bond donors (Lipinski definition) is 0. The first-order valence-corrected chi connectivity index (χ1v) is 8.94. The first-order valence-electron chi connectivity index (χ1n) is 8.94. The lowest BCUT2D eigenvalue weighted by atomic mass is 10.1. The molecule has 1 saturated heterocycles. The minimum Gasteiger partial charge on any atom is -0.361 e. The standard InChI is InChI=1S/C18H25N5O2/c1-12-17(13(2)25-20-12)11-22-4-6-23(7-5-22)18(24)16-8-15(16)14-9-19-21(3)10-14/h9-10,15-16H,4-8,11H2,1-3H3/t15-,16-/m1/s1. The maximum atomic E-state index is 12.7. The van der Waals surface area contributed by atoms with Crippen LogP contribution in [0.5, 0.6) is 0 Å². The van der Waals surface area contributed by atoms with Crippen LogP contribution in [0.3, 0.4) is 0 Å². The van der Waals surface area contributed by atoms with E-state index in [-0.39, 0.29) is 5.92 Å². The summed E-state index contributed by atoms with van der Waals surface area (Å²) in [6, 6.07) is 0. The van der Waals surface area contributed by atoms with E-state index >= 15 is 0 Å². The van der Waals surface area contributed by atoms with Gasteiger partial charge in [-0.05, 0) is 31.7 Å². The lowest BCUT2D eigenvalue weighted by Crippen LogP contribution is -2.48. The molecule has 2 atom stereocenters. The fourth-order valence-corrected chi connectivity index (χ4v) is 3.78. The van der Waals surface area contributed by atoms with Gasteiger partial charge in [0.2, 0.25) is 5.91 Å². The third-order valence-electron chi connectivity index (χ3n) is 5.51. The molecule has 7 heteroatoms. The van der Waals surface area contributed by atoms with E-state index in [1.54, 1.807) is 0 Å². The van der Waals surface area contributed by atoms with Gasteiger partial charge in [0, 0.05) is 57.4 Å². The molecule has 1 aliphatic heterocycles. The molecule has 0 unspecified atom stereocenters. The van der Waals surface area contributed by atoms with Crippen molar-refractivity contribution in [3.63, 3.8) is 0 Å². The molecule has 1 saturated carbocycles. The SMILES string of the molecule is Cc1noc(C)c1CN1CCN(C(=O)[C@@H]2C[C@@H]2c2cnn(C)c2)CC1. The largest absolute Gasteiger partial charge is 0.361 e. The van der Waals surface area contributed by atoms with E-state index in [2.05, 4.69) is 15.2 Å². The molecule has 0 spiro atoms. The molecular formula is C18H25N5O2. The molecule has 0 N–H and O–H groups in total. The van der Waals surface area contributed by atoms with Crippen molar-refractivity contribution in [1.29, 1.82) is 0 Å². The number of rotatable bonds is 4. The van der Waals surface area contributed by atoms with Crippen LogP contribution in [0.2, 0.25) is 0 Å². The minimum absolute atomic E-state index is 0.151. The van der Waals surface area contributed by atoms with Gasteiger partial charge in [0.1, 0.15) is 5.76 Å². The van der Waals surface area contributed by atoms with Crippen LogP contribution in [0.15, 0.2) is 16.9 Å². The molecule has 3 heterocycles. The van der Waals surface area contributed by atoms with Crippen LogP contribution in [0.4, 0.5) is 0 Å². The van der Waals surface area contributed by atoms with Crippen LogP contribution in [-0.2, 0) is 18.4 Å². The average molecular weight is 343 g/mol. The Labute approximate surface area is 147 Å². The highest BCUT2D eigenvalue weighted by molar-refractivity contribution is 5.83. The summed E-state index contributed by atoms with van der Waals surface area (Å²) in [6.07, 6.45) is 4.88. The van der Waals surface area contributed by atoms with Gasteiger partial charge in [-0.25, -0.2) is 0 Å². The smallest absolute Gasteiger partial charge is 0.226 e. The van der Waals surface area contributed by atoms with E-state index in [1.165, 1.54) is 11.1 Å². The number of carbonyl (C=O) groups is 1. The van der Waals surface area contributed by atoms with E-state index in [0.29, 0.717) is 11.8 Å². The number of piperazine rings is 1. The minimum atomic E-state index is 0.151. The number of hydrogen-bond acceptors (Lipinski definition) is 5. The van der Waals surface area contributed by atoms with Crippen molar-refractivity contribution in [2.45, 2.75) is 32.7 Å². The summed E-state index contributed by atoms with van der Waals surface area (Å²) in [4.78, 5) is 17.1. The Kier molecular flexibility index (Phi) is 4.11. The van der Waals surface area contributed by atoms with Crippen molar-refractivity contribution in [3.05, 3.63) is 35.0 Å². The van der Waals surface area contributed by atoms with Crippen molar-refractivity contribution in [3.8, 4) is 0 Å². The second-order valence-corrected chi connectivity index (χ2v) is 7.30. The number of amides is 1. The molecule has 0 radical (unpaired) electrons. The van der Waals surface area contributed by atoms with Gasteiger partial charge in [-0.1, -0.05) is 5.16 Å². The molecule has 0 aromatic carbocycles. The van der Waals surface area contributed by atoms with E-state index in [1.807, 2.05) is 42.9 Å². The zero-order valence-corrected chi connectivity index (χ0v) is 15.1. The van der Waals surface area contributed by atoms with Gasteiger partial charge in [-0.15, -0.1) is 0 Å². The quantitative estimate of drug-likeness (QED) is 0.841. The van der Waals surface area contributed by atoms with Gasteiger partial charge >= 0.3 is 0 Å². The molecule has 2 aromatic rings. The monoisotopic (exact) mass is 343 g/mol. The lowest BCUT2D eigenvalue weighted by molar-refractivity contribution is -0.134. The fourth-order valence-electron chi connectivity index (χ4n) is 3.78. The van der Waals surface area contributed by atoms with Gasteiger partial charge in [-0.3, -0.25) is 14.4 Å². The molecular weight excluding hydrogens is 318 g/mol. The maximum absolute atomic E-state index is 12.7. The van der Waals surface area contributed by atoms with Crippen LogP contribution in [0.1, 0.15) is 34.9 Å². The Morgan fingerprint density at radius 2 is 2.04 bits per heavy atom. The number of aryl methyl sites for hydroxylation is 3. The van der Waals surface area contributed by atoms with Crippen molar-refractivity contribution < 1.29 is 9.32 Å². The van der Waals surface area contributed by atoms with Crippen LogP contribution in [0.25, 0.3) is 0 Å². The molecule has 2 aliphatic rings. The highest BCUT2D eigenvalue weighted by Crippen LogP contribution is 2.48. The number of carbonyl (C=O) groups excluding carboxylic acids is 1. The van der Waals surface area contributed by atoms with Crippen LogP contribution < -0.4 is 0 Å². The van der Waals surface area contributed by atoms with Gasteiger partial charge in [0.25, 0.3) is 0 Å². The highest BCUT2D eigenvalue weighted by atomic mass is 16.5. The van der Waals surface area contributed by atoms with E-state index in [9.17, 15) is 4.79 Å². The highest BCUT2D eigenvalue weighted by Gasteiger charge is 2.46. The summed E-state index contributed by atoms with van der Waals surface area (Å²) in [7, 11) is 1.92. The summed E-state index contributed by atoms with van der Waals surface area (Å²) in [6.45, 7) is 8.21. The molecule has 7 nitrogen and oxygen atoms in total. The predicted octanol–water partition coefficient (Wildman–Crippen LogP) is 1.47. The van der Waals surface area contributed by atoms with Crippen LogP contribution >= 0.6 is 0 Å². The Hall–Kier alpha value is -2.15.